The van der Waals surface area contributed by atoms with E-state index in [1.54, 1.807) is 54.1 Å². The molecule has 2 fully saturated rings. The molecule has 1 N–H and O–H groups in total. The van der Waals surface area contributed by atoms with Crippen molar-refractivity contribution in [2.75, 3.05) is 23.0 Å². The topological polar surface area (TPSA) is 117 Å². The number of esters is 1. The van der Waals surface area contributed by atoms with Crippen molar-refractivity contribution in [1.82, 2.24) is 4.90 Å². The second kappa shape index (κ2) is 11.7. The highest BCUT2D eigenvalue weighted by Crippen LogP contribution is 2.60. The Morgan fingerprint density at radius 1 is 1.17 bits per heavy atom. The lowest BCUT2D eigenvalue weighted by Crippen LogP contribution is -2.55. The number of carbonyl (C=O) groups excluding carboxylic acids is 4. The van der Waals surface area contributed by atoms with E-state index in [-0.39, 0.29) is 43.7 Å². The highest BCUT2D eigenvalue weighted by atomic mass is 28.4. The number of hydrogen-bond acceptors (Lipinski definition) is 7. The highest BCUT2D eigenvalue weighted by Gasteiger charge is 2.67. The van der Waals surface area contributed by atoms with Crippen LogP contribution >= 0.6 is 0 Å². The maximum atomic E-state index is 16.4. The third kappa shape index (κ3) is 5.07. The van der Waals surface area contributed by atoms with Crippen molar-refractivity contribution in [2.24, 2.45) is 5.92 Å². The van der Waals surface area contributed by atoms with E-state index in [4.69, 9.17) is 9.47 Å². The number of halogens is 1. The van der Waals surface area contributed by atoms with Crippen LogP contribution in [0.4, 0.5) is 15.5 Å². The van der Waals surface area contributed by atoms with Crippen LogP contribution < -0.4 is 9.80 Å². The predicted octanol–water partition coefficient (Wildman–Crippen LogP) is 3.96. The van der Waals surface area contributed by atoms with Crippen molar-refractivity contribution in [3.8, 4) is 0 Å². The Bertz CT molecular complexity index is 1610. The molecule has 2 saturated heterocycles. The number of β-lactam (4-membered cyclic amide) rings is 1. The number of rotatable bonds is 8. The van der Waals surface area contributed by atoms with Gasteiger partial charge in [-0.3, -0.25) is 24.1 Å². The van der Waals surface area contributed by atoms with Crippen molar-refractivity contribution >= 4 is 43.5 Å². The van der Waals surface area contributed by atoms with Crippen LogP contribution in [0.2, 0.25) is 18.6 Å². The molecule has 6 rings (SSSR count). The van der Waals surface area contributed by atoms with Crippen LogP contribution in [0.3, 0.4) is 0 Å². The molecule has 0 bridgehead atoms. The van der Waals surface area contributed by atoms with Crippen LogP contribution in [0.25, 0.3) is 0 Å². The molecule has 12 heteroatoms. The van der Waals surface area contributed by atoms with E-state index in [9.17, 15) is 24.3 Å². The summed E-state index contributed by atoms with van der Waals surface area (Å²) < 4.78 is 28.4. The summed E-state index contributed by atoms with van der Waals surface area (Å²) in [6, 6.07) is 12.5. The van der Waals surface area contributed by atoms with E-state index < -0.39 is 49.8 Å². The monoisotopic (exact) mass is 649 g/mol. The molecule has 46 heavy (non-hydrogen) atoms. The van der Waals surface area contributed by atoms with E-state index in [2.05, 4.69) is 6.58 Å². The summed E-state index contributed by atoms with van der Waals surface area (Å²) in [5.41, 5.74) is 1.19. The molecule has 1 unspecified atom stereocenters. The molecule has 4 aliphatic rings. The van der Waals surface area contributed by atoms with Crippen LogP contribution in [0.1, 0.15) is 43.4 Å². The minimum absolute atomic E-state index is 0.0416. The molecule has 3 amide bonds. The first kappa shape index (κ1) is 32.1. The maximum absolute atomic E-state index is 16.4. The minimum atomic E-state index is -3.56. The number of carbonyl (C=O) groups is 4. The molecule has 1 spiro atoms. The van der Waals surface area contributed by atoms with Gasteiger partial charge in [-0.25, -0.2) is 0 Å². The van der Waals surface area contributed by atoms with Crippen molar-refractivity contribution in [1.29, 1.82) is 0 Å². The third-order valence-corrected chi connectivity index (χ3v) is 12.5. The lowest BCUT2D eigenvalue weighted by molar-refractivity contribution is -0.154. The first-order chi connectivity index (χ1) is 21.8. The first-order valence-electron chi connectivity index (χ1n) is 15.7. The number of benzene rings is 2. The van der Waals surface area contributed by atoms with Crippen molar-refractivity contribution in [3.05, 3.63) is 71.8 Å². The second-order valence-corrected chi connectivity index (χ2v) is 17.0. The third-order valence-electron chi connectivity index (χ3n) is 10.0. The Hall–Kier alpha value is -3.87. The molecule has 4 heterocycles. The summed E-state index contributed by atoms with van der Waals surface area (Å²) in [6.07, 6.45) is 0.310. The molecular weight excluding hydrogens is 609 g/mol. The average molecular weight is 650 g/mol. The molecule has 0 saturated carbocycles. The molecule has 4 aliphatic heterocycles. The number of aliphatic hydroxyl groups excluding tert-OH is 1. The highest BCUT2D eigenvalue weighted by molar-refractivity contribution is 6.72. The Kier molecular flexibility index (Phi) is 8.18. The van der Waals surface area contributed by atoms with Gasteiger partial charge >= 0.3 is 5.97 Å². The molecular formula is C34H40FN3O7Si. The second-order valence-electron chi connectivity index (χ2n) is 13.2. The molecule has 2 aromatic rings. The van der Waals surface area contributed by atoms with Gasteiger partial charge in [-0.15, -0.1) is 6.58 Å². The van der Waals surface area contributed by atoms with Crippen LogP contribution in [0.15, 0.2) is 55.1 Å². The van der Waals surface area contributed by atoms with Crippen molar-refractivity contribution in [2.45, 2.75) is 82.3 Å². The molecule has 10 nitrogen and oxygen atoms in total. The zero-order valence-corrected chi connectivity index (χ0v) is 27.6. The van der Waals surface area contributed by atoms with Crippen LogP contribution in [0, 0.1) is 5.92 Å². The molecule has 6 atom stereocenters. The molecule has 244 valence electrons. The maximum Gasteiger partial charge on any atom is 0.304 e. The Morgan fingerprint density at radius 2 is 1.89 bits per heavy atom. The summed E-state index contributed by atoms with van der Waals surface area (Å²) >= 11 is 0. The molecule has 2 aromatic carbocycles. The first-order valence-corrected chi connectivity index (χ1v) is 18.7. The zero-order valence-electron chi connectivity index (χ0n) is 26.6. The number of aliphatic hydroxyl groups is 1. The van der Waals surface area contributed by atoms with Crippen LogP contribution in [-0.2, 0) is 47.2 Å². The summed E-state index contributed by atoms with van der Waals surface area (Å²) in [6.45, 7) is 10.3. The number of nitrogens with zero attached hydrogens (tertiary/aromatic N) is 3. The van der Waals surface area contributed by atoms with Crippen molar-refractivity contribution in [3.63, 3.8) is 0 Å². The van der Waals surface area contributed by atoms with Crippen LogP contribution in [0.5, 0.6) is 0 Å². The lowest BCUT2D eigenvalue weighted by Gasteiger charge is -2.39. The summed E-state index contributed by atoms with van der Waals surface area (Å²) in [5.74, 6) is -2.07. The summed E-state index contributed by atoms with van der Waals surface area (Å²) in [4.78, 5) is 57.3. The fourth-order valence-electron chi connectivity index (χ4n) is 8.01. The van der Waals surface area contributed by atoms with Gasteiger partial charge in [-0.1, -0.05) is 37.3 Å². The normalized spacial score (nSPS) is 28.7. The summed E-state index contributed by atoms with van der Waals surface area (Å²) in [7, 11) is -3.56. The van der Waals surface area contributed by atoms with E-state index in [0.717, 1.165) is 11.1 Å². The minimum Gasteiger partial charge on any atom is -0.441 e. The smallest absolute Gasteiger partial charge is 0.304 e. The van der Waals surface area contributed by atoms with Gasteiger partial charge in [0.1, 0.15) is 0 Å². The van der Waals surface area contributed by atoms with Gasteiger partial charge in [0.25, 0.3) is 5.91 Å². The Labute approximate surface area is 268 Å². The van der Waals surface area contributed by atoms with E-state index >= 15 is 4.11 Å². The fraction of sp³-hybridized carbons (Fsp3) is 0.471. The standard InChI is InChI=1S/C34H40FN3O7Si/c1-6-13-36-27-12-11-24(38-30(42)17-31(38)44-21(3)40)15-26(27)34(33(36)43)20(2)32(46(4,5)35)28(45-34)16-29(41)37-18-23-10-8-7-9-22(23)14-25(37)19-39/h6-12,15,20,25,28,31-32,39H,1,13-14,16-19H2,2-5H3/t20-,25+,28+,31?,32-,34+/m1/s1. The van der Waals surface area contributed by atoms with Gasteiger partial charge in [0, 0.05) is 42.7 Å². The van der Waals surface area contributed by atoms with Crippen molar-refractivity contribution < 1.29 is 37.9 Å². The largest absolute Gasteiger partial charge is 0.441 e. The summed E-state index contributed by atoms with van der Waals surface area (Å²) in [5, 5.41) is 10.2. The fourth-order valence-corrected chi connectivity index (χ4v) is 10.5. The molecule has 0 aromatic heterocycles. The Balaban J connectivity index is 1.38. The van der Waals surface area contributed by atoms with Gasteiger partial charge in [0.05, 0.1) is 37.3 Å². The van der Waals surface area contributed by atoms with Gasteiger partial charge in [-0.05, 0) is 48.8 Å². The SMILES string of the molecule is C=CCN1C(=O)[C@@]2(O[C@@H](CC(=O)N3Cc4ccccc4C[C@H]3CO)[C@H]([Si](C)(C)F)[C@H]2C)c2cc(N3C(=O)CC3OC(C)=O)ccc21. The van der Waals surface area contributed by atoms with Gasteiger partial charge < -0.3 is 28.5 Å². The lowest BCUT2D eigenvalue weighted by atomic mass is 9.82. The zero-order chi connectivity index (χ0) is 33.1. The quantitative estimate of drug-likeness (QED) is 0.151. The predicted molar refractivity (Wildman–Crippen MR) is 171 cm³/mol. The van der Waals surface area contributed by atoms with Crippen LogP contribution in [-0.4, -0.2) is 73.6 Å². The number of ether oxygens (including phenoxy) is 2. The number of fused-ring (bicyclic) bond motifs is 3. The number of anilines is 2. The average Bonchev–Trinajstić information content (AvgIpc) is 3.42. The van der Waals surface area contributed by atoms with Gasteiger partial charge in [0.2, 0.25) is 20.2 Å². The van der Waals surface area contributed by atoms with Gasteiger partial charge in [0.15, 0.2) is 11.8 Å². The molecule has 0 aliphatic carbocycles. The van der Waals surface area contributed by atoms with E-state index in [1.807, 2.05) is 24.3 Å². The van der Waals surface area contributed by atoms with E-state index in [1.165, 1.54) is 11.8 Å². The van der Waals surface area contributed by atoms with Gasteiger partial charge in [-0.2, -0.15) is 0 Å². The number of amides is 3. The van der Waals surface area contributed by atoms with E-state index in [0.29, 0.717) is 29.9 Å². The number of hydrogen-bond donors (Lipinski definition) is 1. The Morgan fingerprint density at radius 3 is 2.52 bits per heavy atom. The molecule has 0 radical (unpaired) electrons.